The molecular weight excluding hydrogens is 204 g/mol. The van der Waals surface area contributed by atoms with E-state index in [9.17, 15) is 0 Å². The molecule has 0 aromatic carbocycles. The third kappa shape index (κ3) is 2.59. The second-order valence-electron chi connectivity index (χ2n) is 4.39. The van der Waals surface area contributed by atoms with Crippen molar-refractivity contribution in [1.29, 1.82) is 0 Å². The van der Waals surface area contributed by atoms with E-state index < -0.39 is 0 Å². The van der Waals surface area contributed by atoms with E-state index in [4.69, 9.17) is 4.74 Å². The lowest BCUT2D eigenvalue weighted by atomic mass is 10.1. The molecular formula is C11H20N4O. The van der Waals surface area contributed by atoms with Gasteiger partial charge in [-0.15, -0.1) is 0 Å². The van der Waals surface area contributed by atoms with Crippen LogP contribution in [0.4, 0.5) is 0 Å². The Morgan fingerprint density at radius 2 is 2.56 bits per heavy atom. The maximum Gasteiger partial charge on any atom is 0.143 e. The molecule has 0 spiro atoms. The van der Waals surface area contributed by atoms with Crippen LogP contribution < -0.4 is 5.32 Å². The van der Waals surface area contributed by atoms with Crippen molar-refractivity contribution in [1.82, 2.24) is 20.1 Å². The fourth-order valence-electron chi connectivity index (χ4n) is 2.17. The molecule has 16 heavy (non-hydrogen) atoms. The highest BCUT2D eigenvalue weighted by atomic mass is 16.5. The first-order chi connectivity index (χ1) is 7.81. The summed E-state index contributed by atoms with van der Waals surface area (Å²) >= 11 is 0. The standard InChI is InChI=1S/C11H20N4O/c1-9(5-7-16-2)14-10-4-3-6-15-11(10)12-8-13-15/h8-10,14H,3-7H2,1-2H3. The predicted molar refractivity (Wildman–Crippen MR) is 61.1 cm³/mol. The molecule has 2 atom stereocenters. The molecule has 1 aliphatic rings. The summed E-state index contributed by atoms with van der Waals surface area (Å²) in [7, 11) is 1.74. The Bertz CT molecular complexity index is 326. The number of aromatic nitrogens is 3. The second-order valence-corrected chi connectivity index (χ2v) is 4.39. The van der Waals surface area contributed by atoms with Crippen LogP contribution in [0.3, 0.4) is 0 Å². The summed E-state index contributed by atoms with van der Waals surface area (Å²) in [5.74, 6) is 1.08. The topological polar surface area (TPSA) is 52.0 Å². The van der Waals surface area contributed by atoms with Crippen LogP contribution in [0.2, 0.25) is 0 Å². The molecule has 1 N–H and O–H groups in total. The van der Waals surface area contributed by atoms with Crippen LogP contribution in [-0.2, 0) is 11.3 Å². The number of rotatable bonds is 5. The van der Waals surface area contributed by atoms with Crippen LogP contribution in [0.5, 0.6) is 0 Å². The highest BCUT2D eigenvalue weighted by Gasteiger charge is 2.23. The third-order valence-electron chi connectivity index (χ3n) is 3.06. The lowest BCUT2D eigenvalue weighted by Gasteiger charge is -2.26. The molecule has 0 bridgehead atoms. The molecule has 0 radical (unpaired) electrons. The molecule has 90 valence electrons. The zero-order valence-electron chi connectivity index (χ0n) is 10.0. The van der Waals surface area contributed by atoms with E-state index in [2.05, 4.69) is 22.3 Å². The minimum absolute atomic E-state index is 0.350. The summed E-state index contributed by atoms with van der Waals surface area (Å²) < 4.78 is 7.09. The SMILES string of the molecule is COCCC(C)NC1CCCn2ncnc21. The van der Waals surface area contributed by atoms with Gasteiger partial charge in [-0.05, 0) is 26.2 Å². The quantitative estimate of drug-likeness (QED) is 0.814. The Morgan fingerprint density at radius 1 is 1.69 bits per heavy atom. The van der Waals surface area contributed by atoms with Gasteiger partial charge in [0.1, 0.15) is 12.2 Å². The van der Waals surface area contributed by atoms with Gasteiger partial charge in [0.05, 0.1) is 6.04 Å². The van der Waals surface area contributed by atoms with E-state index in [-0.39, 0.29) is 0 Å². The Morgan fingerprint density at radius 3 is 3.38 bits per heavy atom. The van der Waals surface area contributed by atoms with Gasteiger partial charge in [0, 0.05) is 26.3 Å². The molecule has 2 heterocycles. The Balaban J connectivity index is 1.92. The van der Waals surface area contributed by atoms with E-state index in [1.54, 1.807) is 13.4 Å². The van der Waals surface area contributed by atoms with E-state index in [1.165, 1.54) is 6.42 Å². The van der Waals surface area contributed by atoms with Crippen LogP contribution in [0.1, 0.15) is 38.1 Å². The summed E-state index contributed by atoms with van der Waals surface area (Å²) in [5.41, 5.74) is 0. The first kappa shape index (κ1) is 11.5. The molecule has 0 amide bonds. The summed E-state index contributed by atoms with van der Waals surface area (Å²) in [5, 5.41) is 7.81. The first-order valence-electron chi connectivity index (χ1n) is 5.94. The number of hydrogen-bond acceptors (Lipinski definition) is 4. The fraction of sp³-hybridized carbons (Fsp3) is 0.818. The molecule has 0 fully saturated rings. The minimum atomic E-state index is 0.350. The van der Waals surface area contributed by atoms with Crippen molar-refractivity contribution in [3.63, 3.8) is 0 Å². The van der Waals surface area contributed by atoms with Gasteiger partial charge in [-0.3, -0.25) is 0 Å². The van der Waals surface area contributed by atoms with Crippen LogP contribution >= 0.6 is 0 Å². The average molecular weight is 224 g/mol. The molecule has 5 heteroatoms. The Kier molecular flexibility index (Phi) is 3.90. The molecule has 0 saturated carbocycles. The first-order valence-corrected chi connectivity index (χ1v) is 5.94. The van der Waals surface area contributed by atoms with Gasteiger partial charge in [-0.1, -0.05) is 0 Å². The number of nitrogens with zero attached hydrogens (tertiary/aromatic N) is 3. The lowest BCUT2D eigenvalue weighted by Crippen LogP contribution is -2.35. The van der Waals surface area contributed by atoms with E-state index in [0.717, 1.165) is 31.8 Å². The van der Waals surface area contributed by atoms with E-state index in [0.29, 0.717) is 12.1 Å². The Labute approximate surface area is 96.2 Å². The van der Waals surface area contributed by atoms with E-state index in [1.807, 2.05) is 4.68 Å². The van der Waals surface area contributed by atoms with Gasteiger partial charge >= 0.3 is 0 Å². The molecule has 1 aliphatic heterocycles. The second kappa shape index (κ2) is 5.41. The smallest absolute Gasteiger partial charge is 0.143 e. The summed E-state index contributed by atoms with van der Waals surface area (Å²) in [6.45, 7) is 3.99. The summed E-state index contributed by atoms with van der Waals surface area (Å²) in [4.78, 5) is 4.33. The van der Waals surface area contributed by atoms with Gasteiger partial charge in [-0.2, -0.15) is 5.10 Å². The molecule has 1 aromatic rings. The Hall–Kier alpha value is -0.940. The molecule has 0 aliphatic carbocycles. The lowest BCUT2D eigenvalue weighted by molar-refractivity contribution is 0.180. The van der Waals surface area contributed by atoms with Crippen molar-refractivity contribution in [2.75, 3.05) is 13.7 Å². The number of nitrogens with one attached hydrogen (secondary N) is 1. The van der Waals surface area contributed by atoms with Gasteiger partial charge in [0.15, 0.2) is 0 Å². The number of aryl methyl sites for hydroxylation is 1. The van der Waals surface area contributed by atoms with Crippen molar-refractivity contribution >= 4 is 0 Å². The number of methoxy groups -OCH3 is 1. The van der Waals surface area contributed by atoms with Crippen molar-refractivity contribution in [2.45, 2.75) is 44.8 Å². The van der Waals surface area contributed by atoms with Gasteiger partial charge in [0.2, 0.25) is 0 Å². The van der Waals surface area contributed by atoms with E-state index >= 15 is 0 Å². The number of fused-ring (bicyclic) bond motifs is 1. The normalized spacial score (nSPS) is 21.8. The zero-order chi connectivity index (χ0) is 11.4. The molecule has 2 rings (SSSR count). The van der Waals surface area contributed by atoms with Crippen LogP contribution in [0.15, 0.2) is 6.33 Å². The highest BCUT2D eigenvalue weighted by Crippen LogP contribution is 2.22. The maximum absolute atomic E-state index is 5.08. The molecule has 0 saturated heterocycles. The fourth-order valence-corrected chi connectivity index (χ4v) is 2.17. The monoisotopic (exact) mass is 224 g/mol. The highest BCUT2D eigenvalue weighted by molar-refractivity contribution is 4.98. The summed E-state index contributed by atoms with van der Waals surface area (Å²) in [6, 6.07) is 0.802. The summed E-state index contributed by atoms with van der Waals surface area (Å²) in [6.07, 6.45) is 5.00. The maximum atomic E-state index is 5.08. The number of hydrogen-bond donors (Lipinski definition) is 1. The van der Waals surface area contributed by atoms with Gasteiger partial charge < -0.3 is 10.1 Å². The van der Waals surface area contributed by atoms with Crippen molar-refractivity contribution < 1.29 is 4.74 Å². The van der Waals surface area contributed by atoms with Crippen molar-refractivity contribution in [3.05, 3.63) is 12.2 Å². The third-order valence-corrected chi connectivity index (χ3v) is 3.06. The predicted octanol–water partition coefficient (Wildman–Crippen LogP) is 1.13. The van der Waals surface area contributed by atoms with Gasteiger partial charge in [0.25, 0.3) is 0 Å². The largest absolute Gasteiger partial charge is 0.385 e. The van der Waals surface area contributed by atoms with Crippen LogP contribution in [-0.4, -0.2) is 34.5 Å². The molecule has 1 aromatic heterocycles. The van der Waals surface area contributed by atoms with Crippen molar-refractivity contribution in [3.8, 4) is 0 Å². The van der Waals surface area contributed by atoms with Crippen LogP contribution in [0.25, 0.3) is 0 Å². The number of ether oxygens (including phenoxy) is 1. The van der Waals surface area contributed by atoms with Crippen LogP contribution in [0, 0.1) is 0 Å². The minimum Gasteiger partial charge on any atom is -0.385 e. The van der Waals surface area contributed by atoms with Gasteiger partial charge in [-0.25, -0.2) is 9.67 Å². The zero-order valence-corrected chi connectivity index (χ0v) is 10.0. The van der Waals surface area contributed by atoms with Crippen molar-refractivity contribution in [2.24, 2.45) is 0 Å². The molecule has 5 nitrogen and oxygen atoms in total. The average Bonchev–Trinajstić information content (AvgIpc) is 2.75. The molecule has 2 unspecified atom stereocenters.